The predicted molar refractivity (Wildman–Crippen MR) is 85.5 cm³/mol. The SMILES string of the molecule is CC(N=C1CCc2ccccc2C1C)c1ccccc1. The Balaban J connectivity index is 1.87. The fourth-order valence-corrected chi connectivity index (χ4v) is 3.07. The van der Waals surface area contributed by atoms with Gasteiger partial charge in [0.1, 0.15) is 0 Å². The van der Waals surface area contributed by atoms with E-state index in [4.69, 9.17) is 4.99 Å². The van der Waals surface area contributed by atoms with E-state index in [1.807, 2.05) is 0 Å². The molecule has 0 saturated heterocycles. The van der Waals surface area contributed by atoms with Crippen LogP contribution in [-0.2, 0) is 6.42 Å². The average Bonchev–Trinajstić information content (AvgIpc) is 2.51. The number of aryl methyl sites for hydroxylation is 1. The molecule has 0 heterocycles. The summed E-state index contributed by atoms with van der Waals surface area (Å²) < 4.78 is 0. The molecule has 2 aromatic carbocycles. The number of hydrogen-bond donors (Lipinski definition) is 0. The third-order valence-electron chi connectivity index (χ3n) is 4.31. The van der Waals surface area contributed by atoms with Crippen LogP contribution in [0.1, 0.15) is 48.9 Å². The third kappa shape index (κ3) is 2.53. The van der Waals surface area contributed by atoms with Crippen LogP contribution in [0.15, 0.2) is 59.6 Å². The first-order valence-electron chi connectivity index (χ1n) is 7.45. The highest BCUT2D eigenvalue weighted by molar-refractivity contribution is 5.92. The molecule has 1 aliphatic rings. The van der Waals surface area contributed by atoms with E-state index in [1.165, 1.54) is 22.4 Å². The van der Waals surface area contributed by atoms with Crippen molar-refractivity contribution >= 4 is 5.71 Å². The summed E-state index contributed by atoms with van der Waals surface area (Å²) in [5.74, 6) is 0.450. The van der Waals surface area contributed by atoms with E-state index in [2.05, 4.69) is 68.4 Å². The normalized spacial score (nSPS) is 21.5. The average molecular weight is 263 g/mol. The van der Waals surface area contributed by atoms with Gasteiger partial charge in [-0.2, -0.15) is 0 Å². The summed E-state index contributed by atoms with van der Waals surface area (Å²) in [5.41, 5.74) is 5.59. The summed E-state index contributed by atoms with van der Waals surface area (Å²) in [7, 11) is 0. The molecule has 0 spiro atoms. The predicted octanol–water partition coefficient (Wildman–Crippen LogP) is 4.94. The Morgan fingerprint density at radius 1 is 0.950 bits per heavy atom. The van der Waals surface area contributed by atoms with Gasteiger partial charge in [-0.1, -0.05) is 61.5 Å². The Bertz CT molecular complexity index is 613. The minimum absolute atomic E-state index is 0.249. The van der Waals surface area contributed by atoms with Crippen molar-refractivity contribution < 1.29 is 0 Å². The summed E-state index contributed by atoms with van der Waals surface area (Å²) in [6, 6.07) is 19.6. The maximum atomic E-state index is 5.00. The number of rotatable bonds is 2. The summed E-state index contributed by atoms with van der Waals surface area (Å²) in [4.78, 5) is 5.00. The van der Waals surface area contributed by atoms with Gasteiger partial charge in [0.15, 0.2) is 0 Å². The lowest BCUT2D eigenvalue weighted by Gasteiger charge is -2.25. The number of aliphatic imine (C=N–C) groups is 1. The lowest BCUT2D eigenvalue weighted by atomic mass is 9.82. The van der Waals surface area contributed by atoms with Crippen LogP contribution < -0.4 is 0 Å². The lowest BCUT2D eigenvalue weighted by Crippen LogP contribution is -2.19. The molecule has 1 aliphatic carbocycles. The second-order valence-electron chi connectivity index (χ2n) is 5.63. The molecule has 2 aromatic rings. The third-order valence-corrected chi connectivity index (χ3v) is 4.31. The van der Waals surface area contributed by atoms with Crippen LogP contribution in [0.4, 0.5) is 0 Å². The van der Waals surface area contributed by atoms with E-state index in [1.54, 1.807) is 0 Å². The topological polar surface area (TPSA) is 12.4 Å². The van der Waals surface area contributed by atoms with Crippen LogP contribution in [0, 0.1) is 0 Å². The first-order chi connectivity index (χ1) is 9.75. The fraction of sp³-hybridized carbons (Fsp3) is 0.316. The molecular formula is C19H21N. The molecule has 0 N–H and O–H groups in total. The molecule has 102 valence electrons. The van der Waals surface area contributed by atoms with Gasteiger partial charge >= 0.3 is 0 Å². The van der Waals surface area contributed by atoms with Gasteiger partial charge < -0.3 is 0 Å². The van der Waals surface area contributed by atoms with Crippen molar-refractivity contribution in [1.82, 2.24) is 0 Å². The Morgan fingerprint density at radius 2 is 1.65 bits per heavy atom. The molecule has 0 radical (unpaired) electrons. The molecule has 1 heteroatoms. The van der Waals surface area contributed by atoms with Crippen LogP contribution in [0.2, 0.25) is 0 Å². The summed E-state index contributed by atoms with van der Waals surface area (Å²) >= 11 is 0. The Hall–Kier alpha value is -1.89. The van der Waals surface area contributed by atoms with E-state index >= 15 is 0 Å². The minimum atomic E-state index is 0.249. The molecule has 0 aliphatic heterocycles. The highest BCUT2D eigenvalue weighted by Crippen LogP contribution is 2.31. The first kappa shape index (κ1) is 13.1. The van der Waals surface area contributed by atoms with Gasteiger partial charge in [-0.3, -0.25) is 4.99 Å². The van der Waals surface area contributed by atoms with Gasteiger partial charge in [0.2, 0.25) is 0 Å². The van der Waals surface area contributed by atoms with Gasteiger partial charge in [-0.05, 0) is 36.5 Å². The molecule has 0 saturated carbocycles. The van der Waals surface area contributed by atoms with Crippen molar-refractivity contribution in [2.75, 3.05) is 0 Å². The van der Waals surface area contributed by atoms with Gasteiger partial charge in [-0.15, -0.1) is 0 Å². The van der Waals surface area contributed by atoms with Crippen LogP contribution in [0.3, 0.4) is 0 Å². The van der Waals surface area contributed by atoms with Gasteiger partial charge in [0, 0.05) is 11.6 Å². The summed E-state index contributed by atoms with van der Waals surface area (Å²) in [6.07, 6.45) is 2.22. The molecular weight excluding hydrogens is 242 g/mol. The molecule has 2 atom stereocenters. The van der Waals surface area contributed by atoms with Crippen molar-refractivity contribution in [2.45, 2.75) is 38.6 Å². The molecule has 20 heavy (non-hydrogen) atoms. The number of nitrogens with zero attached hydrogens (tertiary/aromatic N) is 1. The molecule has 0 fully saturated rings. The molecule has 0 amide bonds. The first-order valence-corrected chi connectivity index (χ1v) is 7.45. The van der Waals surface area contributed by atoms with Crippen LogP contribution in [0.5, 0.6) is 0 Å². The van der Waals surface area contributed by atoms with Crippen molar-refractivity contribution in [3.63, 3.8) is 0 Å². The van der Waals surface area contributed by atoms with Gasteiger partial charge in [-0.25, -0.2) is 0 Å². The Kier molecular flexibility index (Phi) is 3.68. The maximum absolute atomic E-state index is 5.00. The van der Waals surface area contributed by atoms with Crippen molar-refractivity contribution in [3.8, 4) is 0 Å². The van der Waals surface area contributed by atoms with Crippen LogP contribution in [-0.4, -0.2) is 5.71 Å². The second kappa shape index (κ2) is 5.62. The molecule has 1 nitrogen and oxygen atoms in total. The molecule has 2 unspecified atom stereocenters. The van der Waals surface area contributed by atoms with Crippen LogP contribution >= 0.6 is 0 Å². The quantitative estimate of drug-likeness (QED) is 0.728. The van der Waals surface area contributed by atoms with Crippen molar-refractivity contribution in [1.29, 1.82) is 0 Å². The largest absolute Gasteiger partial charge is 0.286 e. The van der Waals surface area contributed by atoms with E-state index in [-0.39, 0.29) is 6.04 Å². The van der Waals surface area contributed by atoms with Crippen molar-refractivity contribution in [3.05, 3.63) is 71.3 Å². The number of hydrogen-bond acceptors (Lipinski definition) is 1. The molecule has 0 bridgehead atoms. The van der Waals surface area contributed by atoms with E-state index in [9.17, 15) is 0 Å². The number of benzene rings is 2. The molecule has 3 rings (SSSR count). The van der Waals surface area contributed by atoms with Crippen molar-refractivity contribution in [2.24, 2.45) is 4.99 Å². The van der Waals surface area contributed by atoms with E-state index < -0.39 is 0 Å². The Morgan fingerprint density at radius 3 is 2.45 bits per heavy atom. The van der Waals surface area contributed by atoms with Gasteiger partial charge in [0.25, 0.3) is 0 Å². The second-order valence-corrected chi connectivity index (χ2v) is 5.63. The highest BCUT2D eigenvalue weighted by Gasteiger charge is 2.22. The minimum Gasteiger partial charge on any atom is -0.286 e. The number of fused-ring (bicyclic) bond motifs is 1. The monoisotopic (exact) mass is 263 g/mol. The molecule has 0 aromatic heterocycles. The van der Waals surface area contributed by atoms with Gasteiger partial charge in [0.05, 0.1) is 6.04 Å². The zero-order chi connectivity index (χ0) is 13.9. The lowest BCUT2D eigenvalue weighted by molar-refractivity contribution is 0.773. The van der Waals surface area contributed by atoms with E-state index in [0.29, 0.717) is 5.92 Å². The zero-order valence-corrected chi connectivity index (χ0v) is 12.2. The fourth-order valence-electron chi connectivity index (χ4n) is 3.07. The highest BCUT2D eigenvalue weighted by atomic mass is 14.8. The van der Waals surface area contributed by atoms with E-state index in [0.717, 1.165) is 12.8 Å². The Labute approximate surface area is 121 Å². The summed E-state index contributed by atoms with van der Waals surface area (Å²) in [5, 5.41) is 0. The summed E-state index contributed by atoms with van der Waals surface area (Å²) in [6.45, 7) is 4.48. The zero-order valence-electron chi connectivity index (χ0n) is 12.2. The maximum Gasteiger partial charge on any atom is 0.0720 e. The van der Waals surface area contributed by atoms with Crippen LogP contribution in [0.25, 0.3) is 0 Å². The smallest absolute Gasteiger partial charge is 0.0720 e. The standard InChI is InChI=1S/C19H21N/c1-14-18-11-7-6-10-17(18)12-13-19(14)20-15(2)16-8-4-3-5-9-16/h3-11,14-15H,12-13H2,1-2H3.